The van der Waals surface area contributed by atoms with Crippen LogP contribution in [0.5, 0.6) is 0 Å². The van der Waals surface area contributed by atoms with Crippen molar-refractivity contribution in [2.24, 2.45) is 0 Å². The van der Waals surface area contributed by atoms with Crippen molar-refractivity contribution in [3.63, 3.8) is 0 Å². The van der Waals surface area contributed by atoms with Crippen LogP contribution in [0, 0.1) is 0 Å². The summed E-state index contributed by atoms with van der Waals surface area (Å²) in [6.07, 6.45) is 1.48. The van der Waals surface area contributed by atoms with E-state index in [-0.39, 0.29) is 17.6 Å². The van der Waals surface area contributed by atoms with Gasteiger partial charge in [-0.2, -0.15) is 0 Å². The topological polar surface area (TPSA) is 80.0 Å². The van der Waals surface area contributed by atoms with E-state index in [1.165, 1.54) is 6.26 Å². The quantitative estimate of drug-likeness (QED) is 0.592. The van der Waals surface area contributed by atoms with E-state index in [2.05, 4.69) is 48.3 Å². The number of benzene rings is 1. The van der Waals surface area contributed by atoms with Crippen LogP contribution in [-0.2, 0) is 6.54 Å². The average molecular weight is 378 g/mol. The number of hydrogen-bond acceptors (Lipinski definition) is 5. The fraction of sp³-hybridized carbons (Fsp3) is 0.318. The molecule has 2 aromatic heterocycles. The van der Waals surface area contributed by atoms with Gasteiger partial charge in [0.1, 0.15) is 11.6 Å². The molecule has 146 valence electrons. The third-order valence-corrected chi connectivity index (χ3v) is 4.30. The lowest BCUT2D eigenvalue weighted by molar-refractivity contribution is 0.0996. The second kappa shape index (κ2) is 8.69. The molecule has 28 heavy (non-hydrogen) atoms. The fourth-order valence-corrected chi connectivity index (χ4v) is 2.63. The number of amides is 1. The van der Waals surface area contributed by atoms with Gasteiger partial charge < -0.3 is 15.1 Å². The van der Waals surface area contributed by atoms with E-state index in [0.717, 1.165) is 28.6 Å². The Labute approximate surface area is 165 Å². The van der Waals surface area contributed by atoms with Crippen molar-refractivity contribution in [1.29, 1.82) is 0 Å². The van der Waals surface area contributed by atoms with Gasteiger partial charge in [0.2, 0.25) is 0 Å². The number of hydrogen-bond donors (Lipinski definition) is 2. The SMILES string of the molecule is CC(C)c1cc(NCc2ccc(NC(=O)c3ccco3)cc2)nc(C(C)C)n1. The average Bonchev–Trinajstić information content (AvgIpc) is 3.22. The van der Waals surface area contributed by atoms with E-state index in [9.17, 15) is 4.79 Å². The number of nitrogens with one attached hydrogen (secondary N) is 2. The zero-order chi connectivity index (χ0) is 20.1. The van der Waals surface area contributed by atoms with Crippen molar-refractivity contribution in [3.05, 3.63) is 71.6 Å². The number of carbonyl (C=O) groups is 1. The van der Waals surface area contributed by atoms with Crippen LogP contribution in [0.4, 0.5) is 11.5 Å². The van der Waals surface area contributed by atoms with Gasteiger partial charge in [0.25, 0.3) is 5.91 Å². The third kappa shape index (κ3) is 4.97. The molecule has 6 heteroatoms. The molecule has 0 aliphatic heterocycles. The van der Waals surface area contributed by atoms with Crippen LogP contribution in [0.1, 0.15) is 67.2 Å². The molecular weight excluding hydrogens is 352 g/mol. The molecule has 1 aromatic carbocycles. The Morgan fingerprint density at radius 3 is 2.39 bits per heavy atom. The summed E-state index contributed by atoms with van der Waals surface area (Å²) in [6, 6.07) is 13.0. The van der Waals surface area contributed by atoms with Crippen molar-refractivity contribution in [3.8, 4) is 0 Å². The zero-order valence-electron chi connectivity index (χ0n) is 16.7. The molecule has 0 unspecified atom stereocenters. The van der Waals surface area contributed by atoms with Gasteiger partial charge in [0.05, 0.1) is 6.26 Å². The molecule has 0 saturated heterocycles. The predicted molar refractivity (Wildman–Crippen MR) is 111 cm³/mol. The minimum Gasteiger partial charge on any atom is -0.459 e. The molecule has 2 N–H and O–H groups in total. The first-order valence-corrected chi connectivity index (χ1v) is 9.49. The number of aromatic nitrogens is 2. The molecule has 0 spiro atoms. The first kappa shape index (κ1) is 19.6. The summed E-state index contributed by atoms with van der Waals surface area (Å²) < 4.78 is 5.10. The molecule has 0 fully saturated rings. The number of furan rings is 1. The summed E-state index contributed by atoms with van der Waals surface area (Å²) in [6.45, 7) is 9.09. The van der Waals surface area contributed by atoms with Crippen LogP contribution in [-0.4, -0.2) is 15.9 Å². The normalized spacial score (nSPS) is 11.1. The van der Waals surface area contributed by atoms with E-state index in [1.54, 1.807) is 12.1 Å². The van der Waals surface area contributed by atoms with Crippen LogP contribution in [0.2, 0.25) is 0 Å². The molecule has 3 aromatic rings. The Morgan fingerprint density at radius 1 is 1.04 bits per heavy atom. The molecule has 3 rings (SSSR count). The maximum atomic E-state index is 12.0. The standard InChI is InChI=1S/C22H26N4O2/c1-14(2)18-12-20(26-21(25-18)15(3)4)23-13-16-7-9-17(10-8-16)24-22(27)19-6-5-11-28-19/h5-12,14-15H,13H2,1-4H3,(H,24,27)(H,23,25,26). The molecule has 6 nitrogen and oxygen atoms in total. The van der Waals surface area contributed by atoms with Crippen molar-refractivity contribution < 1.29 is 9.21 Å². The maximum absolute atomic E-state index is 12.0. The van der Waals surface area contributed by atoms with Crippen LogP contribution in [0.25, 0.3) is 0 Å². The van der Waals surface area contributed by atoms with Gasteiger partial charge in [0, 0.05) is 29.9 Å². The van der Waals surface area contributed by atoms with Gasteiger partial charge in [-0.1, -0.05) is 39.8 Å². The molecule has 0 bridgehead atoms. The van der Waals surface area contributed by atoms with Gasteiger partial charge >= 0.3 is 0 Å². The monoisotopic (exact) mass is 378 g/mol. The lowest BCUT2D eigenvalue weighted by atomic mass is 10.1. The molecule has 0 atom stereocenters. The summed E-state index contributed by atoms with van der Waals surface area (Å²) in [5.74, 6) is 2.33. The third-order valence-electron chi connectivity index (χ3n) is 4.30. The molecule has 2 heterocycles. The summed E-state index contributed by atoms with van der Waals surface area (Å²) in [7, 11) is 0. The van der Waals surface area contributed by atoms with Gasteiger partial charge in [-0.3, -0.25) is 4.79 Å². The lowest BCUT2D eigenvalue weighted by Gasteiger charge is -2.13. The highest BCUT2D eigenvalue weighted by Crippen LogP contribution is 2.20. The van der Waals surface area contributed by atoms with Crippen LogP contribution < -0.4 is 10.6 Å². The highest BCUT2D eigenvalue weighted by Gasteiger charge is 2.11. The van der Waals surface area contributed by atoms with Crippen molar-refractivity contribution in [2.75, 3.05) is 10.6 Å². The molecule has 1 amide bonds. The van der Waals surface area contributed by atoms with E-state index in [1.807, 2.05) is 30.3 Å². The molecule has 0 aliphatic rings. The number of carbonyl (C=O) groups excluding carboxylic acids is 1. The Bertz CT molecular complexity index is 890. The number of rotatable bonds is 7. The first-order chi connectivity index (χ1) is 13.4. The smallest absolute Gasteiger partial charge is 0.291 e. The Kier molecular flexibility index (Phi) is 6.09. The summed E-state index contributed by atoms with van der Waals surface area (Å²) in [5, 5.41) is 6.19. The van der Waals surface area contributed by atoms with Gasteiger partial charge in [-0.25, -0.2) is 9.97 Å². The van der Waals surface area contributed by atoms with Crippen LogP contribution >= 0.6 is 0 Å². The van der Waals surface area contributed by atoms with Gasteiger partial charge in [0.15, 0.2) is 5.76 Å². The summed E-state index contributed by atoms with van der Waals surface area (Å²) >= 11 is 0. The van der Waals surface area contributed by atoms with Gasteiger partial charge in [-0.15, -0.1) is 0 Å². The molecule has 0 aliphatic carbocycles. The molecular formula is C22H26N4O2. The fourth-order valence-electron chi connectivity index (χ4n) is 2.63. The van der Waals surface area contributed by atoms with E-state index in [4.69, 9.17) is 4.42 Å². The number of anilines is 2. The second-order valence-corrected chi connectivity index (χ2v) is 7.33. The first-order valence-electron chi connectivity index (χ1n) is 9.49. The van der Waals surface area contributed by atoms with E-state index < -0.39 is 0 Å². The minimum atomic E-state index is -0.265. The van der Waals surface area contributed by atoms with Crippen molar-refractivity contribution >= 4 is 17.4 Å². The van der Waals surface area contributed by atoms with Crippen LogP contribution in [0.3, 0.4) is 0 Å². The molecule has 0 radical (unpaired) electrons. The van der Waals surface area contributed by atoms with Crippen LogP contribution in [0.15, 0.2) is 53.1 Å². The van der Waals surface area contributed by atoms with Crippen molar-refractivity contribution in [1.82, 2.24) is 9.97 Å². The second-order valence-electron chi connectivity index (χ2n) is 7.33. The van der Waals surface area contributed by atoms with E-state index >= 15 is 0 Å². The Balaban J connectivity index is 1.64. The van der Waals surface area contributed by atoms with Crippen molar-refractivity contribution in [2.45, 2.75) is 46.1 Å². The minimum absolute atomic E-state index is 0.265. The molecule has 0 saturated carbocycles. The maximum Gasteiger partial charge on any atom is 0.291 e. The summed E-state index contributed by atoms with van der Waals surface area (Å²) in [5.41, 5.74) is 2.85. The van der Waals surface area contributed by atoms with E-state index in [0.29, 0.717) is 12.5 Å². The Morgan fingerprint density at radius 2 is 1.79 bits per heavy atom. The van der Waals surface area contributed by atoms with Gasteiger partial charge in [-0.05, 0) is 35.7 Å². The predicted octanol–water partition coefficient (Wildman–Crippen LogP) is 5.18. The highest BCUT2D eigenvalue weighted by atomic mass is 16.3. The Hall–Kier alpha value is -3.15. The highest BCUT2D eigenvalue weighted by molar-refractivity contribution is 6.02. The summed E-state index contributed by atoms with van der Waals surface area (Å²) in [4.78, 5) is 21.3. The largest absolute Gasteiger partial charge is 0.459 e. The number of nitrogens with zero attached hydrogens (tertiary/aromatic N) is 2. The lowest BCUT2D eigenvalue weighted by Crippen LogP contribution is -2.11. The zero-order valence-corrected chi connectivity index (χ0v) is 16.7.